The number of ether oxygens (including phenoxy) is 1. The standard InChI is InChI=1S/C14H21N3O2/c1-17(11-13-5-3-9-19-13)14(18)16-8-6-12-4-2-7-15-10-12/h2,4,7,10,13H,3,5-6,8-9,11H2,1H3,(H,16,18)/t13-/m1/s1. The molecule has 19 heavy (non-hydrogen) atoms. The molecule has 2 amide bonds. The van der Waals surface area contributed by atoms with Crippen molar-refractivity contribution in [1.82, 2.24) is 15.2 Å². The van der Waals surface area contributed by atoms with Crippen LogP contribution in [0.4, 0.5) is 4.79 Å². The van der Waals surface area contributed by atoms with Crippen molar-refractivity contribution in [2.24, 2.45) is 0 Å². The highest BCUT2D eigenvalue weighted by Gasteiger charge is 2.19. The van der Waals surface area contributed by atoms with E-state index in [-0.39, 0.29) is 12.1 Å². The Morgan fingerprint density at radius 3 is 3.21 bits per heavy atom. The van der Waals surface area contributed by atoms with Crippen molar-refractivity contribution in [3.8, 4) is 0 Å². The van der Waals surface area contributed by atoms with Gasteiger partial charge in [-0.2, -0.15) is 0 Å². The van der Waals surface area contributed by atoms with Crippen molar-refractivity contribution in [3.05, 3.63) is 30.1 Å². The molecule has 1 atom stereocenters. The van der Waals surface area contributed by atoms with Gasteiger partial charge in [-0.05, 0) is 30.9 Å². The monoisotopic (exact) mass is 263 g/mol. The number of carbonyl (C=O) groups excluding carboxylic acids is 1. The van der Waals surface area contributed by atoms with E-state index in [4.69, 9.17) is 4.74 Å². The molecule has 0 radical (unpaired) electrons. The summed E-state index contributed by atoms with van der Waals surface area (Å²) in [6.07, 6.45) is 6.72. The van der Waals surface area contributed by atoms with Crippen LogP contribution in [0, 0.1) is 0 Å². The maximum absolute atomic E-state index is 11.9. The van der Waals surface area contributed by atoms with E-state index >= 15 is 0 Å². The molecular weight excluding hydrogens is 242 g/mol. The number of nitrogens with one attached hydrogen (secondary N) is 1. The van der Waals surface area contributed by atoms with Gasteiger partial charge in [0.2, 0.25) is 0 Å². The number of rotatable bonds is 5. The number of amides is 2. The summed E-state index contributed by atoms with van der Waals surface area (Å²) in [6, 6.07) is 3.87. The van der Waals surface area contributed by atoms with Crippen molar-refractivity contribution in [2.75, 3.05) is 26.7 Å². The van der Waals surface area contributed by atoms with E-state index in [1.54, 1.807) is 18.1 Å². The van der Waals surface area contributed by atoms with E-state index in [0.717, 1.165) is 31.4 Å². The van der Waals surface area contributed by atoms with Crippen molar-refractivity contribution in [3.63, 3.8) is 0 Å². The maximum Gasteiger partial charge on any atom is 0.317 e. The van der Waals surface area contributed by atoms with Gasteiger partial charge in [0.25, 0.3) is 0 Å². The second-order valence-corrected chi connectivity index (χ2v) is 4.86. The fourth-order valence-electron chi connectivity index (χ4n) is 2.17. The molecule has 1 saturated heterocycles. The van der Waals surface area contributed by atoms with Gasteiger partial charge in [0, 0.05) is 39.1 Å². The highest BCUT2D eigenvalue weighted by molar-refractivity contribution is 5.73. The Bertz CT molecular complexity index is 391. The Balaban J connectivity index is 1.66. The van der Waals surface area contributed by atoms with Crippen LogP contribution in [0.25, 0.3) is 0 Å². The average Bonchev–Trinajstić information content (AvgIpc) is 2.92. The van der Waals surface area contributed by atoms with Crippen LogP contribution in [-0.2, 0) is 11.2 Å². The van der Waals surface area contributed by atoms with Crippen LogP contribution in [0.1, 0.15) is 18.4 Å². The summed E-state index contributed by atoms with van der Waals surface area (Å²) in [5.41, 5.74) is 1.13. The zero-order valence-electron chi connectivity index (χ0n) is 11.3. The van der Waals surface area contributed by atoms with Crippen molar-refractivity contribution in [1.29, 1.82) is 0 Å². The number of carbonyl (C=O) groups is 1. The first-order valence-corrected chi connectivity index (χ1v) is 6.75. The quantitative estimate of drug-likeness (QED) is 0.874. The lowest BCUT2D eigenvalue weighted by atomic mass is 10.2. The summed E-state index contributed by atoms with van der Waals surface area (Å²) in [6.45, 7) is 2.11. The summed E-state index contributed by atoms with van der Waals surface area (Å²) < 4.78 is 5.52. The Morgan fingerprint density at radius 2 is 2.53 bits per heavy atom. The van der Waals surface area contributed by atoms with Crippen LogP contribution in [0.2, 0.25) is 0 Å². The Labute approximate surface area is 114 Å². The van der Waals surface area contributed by atoms with E-state index < -0.39 is 0 Å². The SMILES string of the molecule is CN(C[C@H]1CCCO1)C(=O)NCCc1cccnc1. The second-order valence-electron chi connectivity index (χ2n) is 4.86. The lowest BCUT2D eigenvalue weighted by molar-refractivity contribution is 0.0875. The fourth-order valence-corrected chi connectivity index (χ4v) is 2.17. The first-order chi connectivity index (χ1) is 9.25. The largest absolute Gasteiger partial charge is 0.376 e. The van der Waals surface area contributed by atoms with E-state index in [2.05, 4.69) is 10.3 Å². The first kappa shape index (κ1) is 13.8. The maximum atomic E-state index is 11.9. The zero-order valence-corrected chi connectivity index (χ0v) is 11.3. The number of hydrogen-bond donors (Lipinski definition) is 1. The molecule has 1 aliphatic heterocycles. The van der Waals surface area contributed by atoms with Gasteiger partial charge in [0.15, 0.2) is 0 Å². The van der Waals surface area contributed by atoms with Gasteiger partial charge in [-0.1, -0.05) is 6.07 Å². The zero-order chi connectivity index (χ0) is 13.5. The minimum absolute atomic E-state index is 0.0422. The predicted molar refractivity (Wildman–Crippen MR) is 72.9 cm³/mol. The van der Waals surface area contributed by atoms with E-state index in [0.29, 0.717) is 13.1 Å². The molecule has 1 aliphatic rings. The lowest BCUT2D eigenvalue weighted by Crippen LogP contribution is -2.41. The van der Waals surface area contributed by atoms with Crippen LogP contribution < -0.4 is 5.32 Å². The minimum atomic E-state index is -0.0422. The van der Waals surface area contributed by atoms with Crippen molar-refractivity contribution in [2.45, 2.75) is 25.4 Å². The summed E-state index contributed by atoms with van der Waals surface area (Å²) in [4.78, 5) is 17.6. The van der Waals surface area contributed by atoms with Crippen LogP contribution in [0.15, 0.2) is 24.5 Å². The van der Waals surface area contributed by atoms with Gasteiger partial charge in [-0.25, -0.2) is 4.79 Å². The molecule has 0 spiro atoms. The number of pyridine rings is 1. The average molecular weight is 263 g/mol. The molecule has 2 rings (SSSR count). The Hall–Kier alpha value is -1.62. The third-order valence-electron chi connectivity index (χ3n) is 3.26. The van der Waals surface area contributed by atoms with Gasteiger partial charge in [0.05, 0.1) is 6.10 Å². The molecule has 1 N–H and O–H groups in total. The number of aromatic nitrogens is 1. The number of likely N-dealkylation sites (N-methyl/N-ethyl adjacent to an activating group) is 1. The topological polar surface area (TPSA) is 54.5 Å². The molecule has 5 heteroatoms. The molecule has 0 aromatic carbocycles. The number of urea groups is 1. The summed E-state index contributed by atoms with van der Waals surface area (Å²) in [7, 11) is 1.81. The summed E-state index contributed by atoms with van der Waals surface area (Å²) in [5, 5.41) is 2.91. The molecule has 1 aromatic heterocycles. The highest BCUT2D eigenvalue weighted by Crippen LogP contribution is 2.12. The van der Waals surface area contributed by atoms with Crippen LogP contribution >= 0.6 is 0 Å². The lowest BCUT2D eigenvalue weighted by Gasteiger charge is -2.21. The molecule has 104 valence electrons. The van der Waals surface area contributed by atoms with E-state index in [9.17, 15) is 4.79 Å². The van der Waals surface area contributed by atoms with Gasteiger partial charge in [0.1, 0.15) is 0 Å². The molecule has 0 bridgehead atoms. The first-order valence-electron chi connectivity index (χ1n) is 6.75. The van der Waals surface area contributed by atoms with Gasteiger partial charge < -0.3 is 15.0 Å². The predicted octanol–water partition coefficient (Wildman–Crippen LogP) is 1.44. The molecule has 2 heterocycles. The molecule has 1 aromatic rings. The molecule has 0 unspecified atom stereocenters. The molecule has 1 fully saturated rings. The van der Waals surface area contributed by atoms with E-state index in [1.165, 1.54) is 0 Å². The van der Waals surface area contributed by atoms with Crippen molar-refractivity contribution >= 4 is 6.03 Å². The summed E-state index contributed by atoms with van der Waals surface area (Å²) in [5.74, 6) is 0. The highest BCUT2D eigenvalue weighted by atomic mass is 16.5. The summed E-state index contributed by atoms with van der Waals surface area (Å²) >= 11 is 0. The number of hydrogen-bond acceptors (Lipinski definition) is 3. The smallest absolute Gasteiger partial charge is 0.317 e. The Kier molecular flexibility index (Phi) is 5.15. The normalized spacial score (nSPS) is 18.3. The van der Waals surface area contributed by atoms with Gasteiger partial charge in [-0.15, -0.1) is 0 Å². The van der Waals surface area contributed by atoms with Crippen LogP contribution in [0.5, 0.6) is 0 Å². The second kappa shape index (κ2) is 7.09. The van der Waals surface area contributed by atoms with Crippen LogP contribution in [-0.4, -0.2) is 48.8 Å². The molecule has 0 aliphatic carbocycles. The van der Waals surface area contributed by atoms with Gasteiger partial charge in [-0.3, -0.25) is 4.98 Å². The van der Waals surface area contributed by atoms with Gasteiger partial charge >= 0.3 is 6.03 Å². The Morgan fingerprint density at radius 1 is 1.63 bits per heavy atom. The third kappa shape index (κ3) is 4.52. The molecule has 0 saturated carbocycles. The molecule has 5 nitrogen and oxygen atoms in total. The minimum Gasteiger partial charge on any atom is -0.376 e. The third-order valence-corrected chi connectivity index (χ3v) is 3.26. The van der Waals surface area contributed by atoms with E-state index in [1.807, 2.05) is 18.3 Å². The number of nitrogens with zero attached hydrogens (tertiary/aromatic N) is 2. The van der Waals surface area contributed by atoms with Crippen LogP contribution in [0.3, 0.4) is 0 Å². The fraction of sp³-hybridized carbons (Fsp3) is 0.571. The van der Waals surface area contributed by atoms with Crippen molar-refractivity contribution < 1.29 is 9.53 Å². The molecular formula is C14H21N3O2.